The van der Waals surface area contributed by atoms with E-state index in [9.17, 15) is 12.8 Å². The summed E-state index contributed by atoms with van der Waals surface area (Å²) in [7, 11) is -3.58. The minimum absolute atomic E-state index is 0.127. The summed E-state index contributed by atoms with van der Waals surface area (Å²) < 4.78 is 45.1. The van der Waals surface area contributed by atoms with E-state index in [0.29, 0.717) is 16.5 Å². The molecule has 3 aromatic carbocycles. The molecule has 0 radical (unpaired) electrons. The molecule has 0 bridgehead atoms. The molecule has 4 rings (SSSR count). The van der Waals surface area contributed by atoms with Crippen molar-refractivity contribution in [3.05, 3.63) is 64.9 Å². The van der Waals surface area contributed by atoms with Gasteiger partial charge in [0.2, 0.25) is 0 Å². The molecule has 1 heterocycles. The second-order valence-corrected chi connectivity index (χ2v) is 8.71. The van der Waals surface area contributed by atoms with Crippen LogP contribution in [0.3, 0.4) is 0 Å². The zero-order valence-electron chi connectivity index (χ0n) is 13.1. The molecule has 0 saturated heterocycles. The first kappa shape index (κ1) is 16.3. The van der Waals surface area contributed by atoms with Gasteiger partial charge >= 0.3 is 0 Å². The quantitative estimate of drug-likeness (QED) is 0.428. The van der Waals surface area contributed by atoms with Crippen LogP contribution in [-0.2, 0) is 9.84 Å². The van der Waals surface area contributed by atoms with Crippen molar-refractivity contribution in [1.29, 1.82) is 0 Å². The van der Waals surface area contributed by atoms with Gasteiger partial charge in [-0.3, -0.25) is 0 Å². The van der Waals surface area contributed by atoms with Gasteiger partial charge in [-0.15, -0.1) is 0 Å². The predicted molar refractivity (Wildman–Crippen MR) is 99.9 cm³/mol. The van der Waals surface area contributed by atoms with Gasteiger partial charge in [0.1, 0.15) is 16.3 Å². The van der Waals surface area contributed by atoms with Gasteiger partial charge < -0.3 is 4.42 Å². The van der Waals surface area contributed by atoms with Crippen molar-refractivity contribution in [2.24, 2.45) is 0 Å². The maximum absolute atomic E-state index is 13.2. The normalized spacial score (nSPS) is 12.1. The third kappa shape index (κ3) is 2.75. The van der Waals surface area contributed by atoms with Crippen molar-refractivity contribution in [3.8, 4) is 11.3 Å². The van der Waals surface area contributed by atoms with Gasteiger partial charge in [0.25, 0.3) is 0 Å². The molecule has 0 fully saturated rings. The van der Waals surface area contributed by atoms with Crippen molar-refractivity contribution in [3.63, 3.8) is 0 Å². The number of halogens is 2. The van der Waals surface area contributed by atoms with E-state index < -0.39 is 15.7 Å². The average Bonchev–Trinajstić information content (AvgIpc) is 2.95. The highest BCUT2D eigenvalue weighted by Gasteiger charge is 2.25. The second kappa shape index (κ2) is 5.68. The van der Waals surface area contributed by atoms with Crippen LogP contribution in [-0.4, -0.2) is 14.7 Å². The highest BCUT2D eigenvalue weighted by Crippen LogP contribution is 2.40. The van der Waals surface area contributed by atoms with E-state index in [2.05, 4.69) is 15.9 Å². The fraction of sp³-hybridized carbons (Fsp3) is 0.0526. The van der Waals surface area contributed by atoms with E-state index in [1.807, 2.05) is 24.3 Å². The first-order valence-electron chi connectivity index (χ1n) is 7.45. The van der Waals surface area contributed by atoms with Crippen molar-refractivity contribution in [2.45, 2.75) is 4.90 Å². The SMILES string of the molecule is CS(=O)(=O)c1c(-c2ccc(F)cc2)oc2ccc3cc(Br)ccc3c12. The molecule has 0 amide bonds. The van der Waals surface area contributed by atoms with E-state index in [1.54, 1.807) is 6.07 Å². The second-order valence-electron chi connectivity index (χ2n) is 5.84. The maximum Gasteiger partial charge on any atom is 0.179 e. The predicted octanol–water partition coefficient (Wildman–Crippen LogP) is 5.56. The van der Waals surface area contributed by atoms with Crippen LogP contribution in [0.5, 0.6) is 0 Å². The molecular weight excluding hydrogens is 407 g/mol. The highest BCUT2D eigenvalue weighted by molar-refractivity contribution is 9.10. The topological polar surface area (TPSA) is 47.3 Å². The highest BCUT2D eigenvalue weighted by atomic mass is 79.9. The molecule has 3 nitrogen and oxygen atoms in total. The lowest BCUT2D eigenvalue weighted by molar-refractivity contribution is 0.594. The third-order valence-electron chi connectivity index (χ3n) is 4.07. The Morgan fingerprint density at radius 2 is 1.72 bits per heavy atom. The summed E-state index contributed by atoms with van der Waals surface area (Å²) in [4.78, 5) is 0.127. The summed E-state index contributed by atoms with van der Waals surface area (Å²) in [5.74, 6) is -0.163. The summed E-state index contributed by atoms with van der Waals surface area (Å²) in [6, 6.07) is 14.9. The van der Waals surface area contributed by atoms with Gasteiger partial charge in [-0.1, -0.05) is 28.1 Å². The van der Waals surface area contributed by atoms with Gasteiger partial charge in [0.15, 0.2) is 15.6 Å². The minimum atomic E-state index is -3.58. The summed E-state index contributed by atoms with van der Waals surface area (Å²) in [5.41, 5.74) is 0.998. The van der Waals surface area contributed by atoms with Crippen LogP contribution in [0.15, 0.2) is 68.4 Å². The van der Waals surface area contributed by atoms with Gasteiger partial charge in [-0.05, 0) is 53.2 Å². The Balaban J connectivity index is 2.18. The van der Waals surface area contributed by atoms with Crippen molar-refractivity contribution < 1.29 is 17.2 Å². The lowest BCUT2D eigenvalue weighted by Gasteiger charge is -2.04. The average molecular weight is 419 g/mol. The Hall–Kier alpha value is -2.18. The number of rotatable bonds is 2. The van der Waals surface area contributed by atoms with E-state index in [0.717, 1.165) is 21.5 Å². The van der Waals surface area contributed by atoms with Gasteiger partial charge in [0, 0.05) is 21.7 Å². The minimum Gasteiger partial charge on any atom is -0.455 e. The number of sulfone groups is 1. The molecule has 126 valence electrons. The number of hydrogen-bond donors (Lipinski definition) is 0. The molecule has 1 aromatic heterocycles. The zero-order valence-corrected chi connectivity index (χ0v) is 15.5. The molecule has 25 heavy (non-hydrogen) atoms. The van der Waals surface area contributed by atoms with Crippen LogP contribution in [0.25, 0.3) is 33.1 Å². The Morgan fingerprint density at radius 1 is 1.00 bits per heavy atom. The lowest BCUT2D eigenvalue weighted by atomic mass is 10.1. The van der Waals surface area contributed by atoms with E-state index in [4.69, 9.17) is 4.42 Å². The molecule has 0 atom stereocenters. The van der Waals surface area contributed by atoms with Crippen molar-refractivity contribution >= 4 is 47.5 Å². The fourth-order valence-corrected chi connectivity index (χ4v) is 4.47. The van der Waals surface area contributed by atoms with Crippen LogP contribution in [0.2, 0.25) is 0 Å². The summed E-state index contributed by atoms with van der Waals surface area (Å²) >= 11 is 3.43. The van der Waals surface area contributed by atoms with Crippen LogP contribution < -0.4 is 0 Å². The van der Waals surface area contributed by atoms with E-state index in [1.165, 1.54) is 24.3 Å². The van der Waals surface area contributed by atoms with E-state index >= 15 is 0 Å². The standard InChI is InChI=1S/C19H12BrFO3S/c1-25(22,23)19-17-15-8-5-13(20)10-12(15)4-9-16(17)24-18(19)11-2-6-14(21)7-3-11/h2-10H,1H3. The largest absolute Gasteiger partial charge is 0.455 e. The Kier molecular flexibility index (Phi) is 3.70. The van der Waals surface area contributed by atoms with Crippen molar-refractivity contribution in [1.82, 2.24) is 0 Å². The molecule has 0 aliphatic carbocycles. The van der Waals surface area contributed by atoms with Crippen molar-refractivity contribution in [2.75, 3.05) is 6.26 Å². The number of hydrogen-bond acceptors (Lipinski definition) is 3. The molecule has 6 heteroatoms. The smallest absolute Gasteiger partial charge is 0.179 e. The molecule has 0 saturated carbocycles. The fourth-order valence-electron chi connectivity index (χ4n) is 3.01. The third-order valence-corrected chi connectivity index (χ3v) is 5.69. The van der Waals surface area contributed by atoms with Crippen LogP contribution >= 0.6 is 15.9 Å². The Labute approximate surface area is 152 Å². The van der Waals surface area contributed by atoms with Crippen LogP contribution in [0, 0.1) is 5.82 Å². The first-order valence-corrected chi connectivity index (χ1v) is 10.1. The molecule has 0 unspecified atom stereocenters. The van der Waals surface area contributed by atoms with Gasteiger partial charge in [-0.2, -0.15) is 0 Å². The molecule has 0 N–H and O–H groups in total. The monoisotopic (exact) mass is 418 g/mol. The Morgan fingerprint density at radius 3 is 2.40 bits per heavy atom. The summed E-state index contributed by atoms with van der Waals surface area (Å²) in [5, 5.41) is 2.24. The molecule has 0 aliphatic heterocycles. The van der Waals surface area contributed by atoms with Gasteiger partial charge in [-0.25, -0.2) is 12.8 Å². The number of fused-ring (bicyclic) bond motifs is 3. The summed E-state index contributed by atoms with van der Waals surface area (Å²) in [6.07, 6.45) is 1.15. The summed E-state index contributed by atoms with van der Waals surface area (Å²) in [6.45, 7) is 0. The molecule has 4 aromatic rings. The molecular formula is C19H12BrFO3S. The first-order chi connectivity index (χ1) is 11.8. The lowest BCUT2D eigenvalue weighted by Crippen LogP contribution is -1.98. The number of furan rings is 1. The maximum atomic E-state index is 13.2. The Bertz CT molecular complexity index is 1230. The van der Waals surface area contributed by atoms with Crippen LogP contribution in [0.4, 0.5) is 4.39 Å². The number of benzene rings is 3. The van der Waals surface area contributed by atoms with Gasteiger partial charge in [0.05, 0.1) is 0 Å². The molecule has 0 aliphatic rings. The van der Waals surface area contributed by atoms with E-state index in [-0.39, 0.29) is 10.7 Å². The van der Waals surface area contributed by atoms with Crippen LogP contribution in [0.1, 0.15) is 0 Å². The molecule has 0 spiro atoms. The zero-order chi connectivity index (χ0) is 17.8.